The van der Waals surface area contributed by atoms with Crippen molar-refractivity contribution in [1.82, 2.24) is 4.98 Å². The van der Waals surface area contributed by atoms with Gasteiger partial charge >= 0.3 is 0 Å². The number of allylic oxidation sites excluding steroid dienone is 2. The van der Waals surface area contributed by atoms with Crippen LogP contribution >= 0.6 is 0 Å². The number of carbonyl (C=O) groups excluding carboxylic acids is 1. The van der Waals surface area contributed by atoms with Crippen molar-refractivity contribution in [2.45, 2.75) is 26.4 Å². The van der Waals surface area contributed by atoms with Gasteiger partial charge in [0.25, 0.3) is 0 Å². The van der Waals surface area contributed by atoms with Gasteiger partial charge in [-0.2, -0.15) is 0 Å². The minimum absolute atomic E-state index is 0.0997. The molecular formula is C25H27NO4. The first kappa shape index (κ1) is 21.7. The summed E-state index contributed by atoms with van der Waals surface area (Å²) in [6.45, 7) is 3.40. The molecule has 156 valence electrons. The van der Waals surface area contributed by atoms with Gasteiger partial charge in [-0.25, -0.2) is 0 Å². The van der Waals surface area contributed by atoms with Crippen molar-refractivity contribution in [3.63, 3.8) is 0 Å². The molecule has 0 fully saturated rings. The van der Waals surface area contributed by atoms with Gasteiger partial charge < -0.3 is 14.6 Å². The van der Waals surface area contributed by atoms with Crippen molar-refractivity contribution < 1.29 is 19.4 Å². The van der Waals surface area contributed by atoms with E-state index < -0.39 is 0 Å². The van der Waals surface area contributed by atoms with E-state index in [0.29, 0.717) is 39.3 Å². The second-order valence-electron chi connectivity index (χ2n) is 7.05. The van der Waals surface area contributed by atoms with Gasteiger partial charge in [0.15, 0.2) is 5.78 Å². The number of ether oxygens (including phenoxy) is 2. The molecule has 30 heavy (non-hydrogen) atoms. The number of ketones is 1. The van der Waals surface area contributed by atoms with E-state index in [9.17, 15) is 9.90 Å². The van der Waals surface area contributed by atoms with Gasteiger partial charge in [0.05, 0.1) is 31.3 Å². The van der Waals surface area contributed by atoms with Gasteiger partial charge in [-0.15, -0.1) is 0 Å². The normalized spacial score (nSPS) is 11.7. The van der Waals surface area contributed by atoms with Gasteiger partial charge in [0.2, 0.25) is 0 Å². The summed E-state index contributed by atoms with van der Waals surface area (Å²) in [5, 5.41) is 11.8. The average Bonchev–Trinajstić information content (AvgIpc) is 2.75. The summed E-state index contributed by atoms with van der Waals surface area (Å²) < 4.78 is 11.3. The Bertz CT molecular complexity index is 998. The number of aliphatic hydroxyl groups is 1. The van der Waals surface area contributed by atoms with E-state index in [1.54, 1.807) is 0 Å². The van der Waals surface area contributed by atoms with Crippen LogP contribution in [0, 0.1) is 0 Å². The quantitative estimate of drug-likeness (QED) is 0.268. The van der Waals surface area contributed by atoms with Crippen LogP contribution in [0.4, 0.5) is 0 Å². The molecule has 0 unspecified atom stereocenters. The number of rotatable bonds is 11. The number of hydrogen-bond acceptors (Lipinski definition) is 5. The van der Waals surface area contributed by atoms with E-state index in [2.05, 4.69) is 29.2 Å². The molecule has 0 spiro atoms. The van der Waals surface area contributed by atoms with E-state index in [1.165, 1.54) is 13.0 Å². The lowest BCUT2D eigenvalue weighted by Crippen LogP contribution is -2.06. The zero-order chi connectivity index (χ0) is 21.2. The number of aliphatic hydroxyl groups excluding tert-OH is 1. The lowest BCUT2D eigenvalue weighted by Gasteiger charge is -2.11. The van der Waals surface area contributed by atoms with Crippen LogP contribution in [0.2, 0.25) is 0 Å². The van der Waals surface area contributed by atoms with Gasteiger partial charge in [-0.05, 0) is 30.4 Å². The Hall–Kier alpha value is -3.02. The van der Waals surface area contributed by atoms with E-state index in [0.717, 1.165) is 27.6 Å². The van der Waals surface area contributed by atoms with Crippen LogP contribution in [-0.4, -0.2) is 35.7 Å². The number of aromatic nitrogens is 1. The molecule has 0 saturated heterocycles. The fourth-order valence-corrected chi connectivity index (χ4v) is 3.29. The fourth-order valence-electron chi connectivity index (χ4n) is 3.29. The largest absolute Gasteiger partial charge is 0.512 e. The van der Waals surface area contributed by atoms with Crippen LogP contribution in [0.3, 0.4) is 0 Å². The Balaban J connectivity index is 1.48. The number of hydrogen-bond donors (Lipinski definition) is 1. The van der Waals surface area contributed by atoms with Crippen molar-refractivity contribution >= 4 is 16.6 Å². The fraction of sp³-hybridized carbons (Fsp3) is 0.280. The molecular weight excluding hydrogens is 378 g/mol. The summed E-state index contributed by atoms with van der Waals surface area (Å²) >= 11 is 0. The molecule has 1 heterocycles. The van der Waals surface area contributed by atoms with Crippen LogP contribution in [0.5, 0.6) is 0 Å². The number of carbonyl (C=O) groups is 1. The van der Waals surface area contributed by atoms with Crippen LogP contribution in [0.1, 0.15) is 25.3 Å². The summed E-state index contributed by atoms with van der Waals surface area (Å²) in [5.74, 6) is -0.0513. The standard InChI is InChI=1S/C25H27NO4/c1-19(27)17-22(28)10-6-14-29-15-16-30-18-21-9-5-11-24-23(21)12-13-26-25(24)20-7-3-2-4-8-20/h2-5,7-9,11-13,17,28H,6,10,14-16,18H2,1H3. The number of fused-ring (bicyclic) bond motifs is 1. The highest BCUT2D eigenvalue weighted by atomic mass is 16.5. The second-order valence-corrected chi connectivity index (χ2v) is 7.05. The molecule has 0 saturated carbocycles. The second kappa shape index (κ2) is 11.2. The summed E-state index contributed by atoms with van der Waals surface area (Å²) in [5.41, 5.74) is 3.19. The lowest BCUT2D eigenvalue weighted by molar-refractivity contribution is -0.112. The minimum atomic E-state index is -0.151. The van der Waals surface area contributed by atoms with Crippen molar-refractivity contribution in [3.05, 3.63) is 78.2 Å². The summed E-state index contributed by atoms with van der Waals surface area (Å²) in [4.78, 5) is 15.4. The monoisotopic (exact) mass is 405 g/mol. The lowest BCUT2D eigenvalue weighted by atomic mass is 10.0. The third kappa shape index (κ3) is 6.24. The molecule has 0 aliphatic heterocycles. The molecule has 3 rings (SSSR count). The third-order valence-corrected chi connectivity index (χ3v) is 4.66. The molecule has 0 amide bonds. The first-order chi connectivity index (χ1) is 14.6. The first-order valence-corrected chi connectivity index (χ1v) is 10.1. The van der Waals surface area contributed by atoms with E-state index in [-0.39, 0.29) is 11.5 Å². The van der Waals surface area contributed by atoms with Gasteiger partial charge in [0, 0.05) is 36.3 Å². The van der Waals surface area contributed by atoms with Crippen LogP contribution < -0.4 is 0 Å². The molecule has 0 bridgehead atoms. The number of nitrogens with zero attached hydrogens (tertiary/aromatic N) is 1. The molecule has 0 aliphatic rings. The third-order valence-electron chi connectivity index (χ3n) is 4.66. The summed E-state index contributed by atoms with van der Waals surface area (Å²) in [6, 6.07) is 18.4. The van der Waals surface area contributed by atoms with Crippen LogP contribution in [0.25, 0.3) is 22.0 Å². The molecule has 1 N–H and O–H groups in total. The highest BCUT2D eigenvalue weighted by Crippen LogP contribution is 2.28. The summed E-state index contributed by atoms with van der Waals surface area (Å²) in [7, 11) is 0. The van der Waals surface area contributed by atoms with Crippen molar-refractivity contribution in [3.8, 4) is 11.3 Å². The Labute approximate surface area is 177 Å². The molecule has 0 aliphatic carbocycles. The van der Waals surface area contributed by atoms with Crippen molar-refractivity contribution in [1.29, 1.82) is 0 Å². The molecule has 5 heteroatoms. The highest BCUT2D eigenvalue weighted by molar-refractivity contribution is 5.96. The van der Waals surface area contributed by atoms with Gasteiger partial charge in [-0.3, -0.25) is 9.78 Å². The Kier molecular flexibility index (Phi) is 8.12. The van der Waals surface area contributed by atoms with E-state index >= 15 is 0 Å². The van der Waals surface area contributed by atoms with Crippen molar-refractivity contribution in [2.75, 3.05) is 19.8 Å². The predicted octanol–water partition coefficient (Wildman–Crippen LogP) is 5.25. The maximum atomic E-state index is 10.9. The molecule has 0 atom stereocenters. The zero-order valence-electron chi connectivity index (χ0n) is 17.2. The zero-order valence-corrected chi connectivity index (χ0v) is 17.2. The van der Waals surface area contributed by atoms with E-state index in [4.69, 9.17) is 9.47 Å². The Morgan fingerprint density at radius 3 is 2.57 bits per heavy atom. The van der Waals surface area contributed by atoms with Gasteiger partial charge in [-0.1, -0.05) is 48.5 Å². The maximum absolute atomic E-state index is 10.9. The van der Waals surface area contributed by atoms with E-state index in [1.807, 2.05) is 36.5 Å². The average molecular weight is 405 g/mol. The first-order valence-electron chi connectivity index (χ1n) is 10.1. The molecule has 2 aromatic carbocycles. The minimum Gasteiger partial charge on any atom is -0.512 e. The predicted molar refractivity (Wildman–Crippen MR) is 118 cm³/mol. The summed E-state index contributed by atoms with van der Waals surface area (Å²) in [6.07, 6.45) is 4.18. The maximum Gasteiger partial charge on any atom is 0.155 e. The Morgan fingerprint density at radius 1 is 0.967 bits per heavy atom. The molecule has 0 radical (unpaired) electrons. The molecule has 5 nitrogen and oxygen atoms in total. The van der Waals surface area contributed by atoms with Crippen LogP contribution in [0.15, 0.2) is 72.6 Å². The van der Waals surface area contributed by atoms with Crippen LogP contribution in [-0.2, 0) is 20.9 Å². The highest BCUT2D eigenvalue weighted by Gasteiger charge is 2.08. The number of benzene rings is 2. The van der Waals surface area contributed by atoms with Gasteiger partial charge in [0.1, 0.15) is 0 Å². The molecule has 1 aromatic heterocycles. The number of pyridine rings is 1. The smallest absolute Gasteiger partial charge is 0.155 e. The van der Waals surface area contributed by atoms with Crippen molar-refractivity contribution in [2.24, 2.45) is 0 Å². The Morgan fingerprint density at radius 2 is 1.77 bits per heavy atom. The molecule has 3 aromatic rings. The SMILES string of the molecule is CC(=O)C=C(O)CCCOCCOCc1cccc2c(-c3ccccc3)nccc12. The topological polar surface area (TPSA) is 68.7 Å².